The van der Waals surface area contributed by atoms with Crippen molar-refractivity contribution < 1.29 is 19.1 Å². The van der Waals surface area contributed by atoms with E-state index >= 15 is 0 Å². The Kier molecular flexibility index (Phi) is 8.93. The van der Waals surface area contributed by atoms with E-state index in [9.17, 15) is 14.4 Å². The van der Waals surface area contributed by atoms with Crippen molar-refractivity contribution >= 4 is 45.6 Å². The molecule has 0 aliphatic heterocycles. The fourth-order valence-electron chi connectivity index (χ4n) is 2.79. The molecule has 9 heteroatoms. The van der Waals surface area contributed by atoms with Crippen LogP contribution in [0.3, 0.4) is 0 Å². The molecule has 8 nitrogen and oxygen atoms in total. The zero-order chi connectivity index (χ0) is 24.3. The molecule has 0 unspecified atom stereocenters. The predicted octanol–water partition coefficient (Wildman–Crippen LogP) is 3.54. The van der Waals surface area contributed by atoms with Crippen molar-refractivity contribution in [3.05, 3.63) is 94.0 Å². The summed E-state index contributed by atoms with van der Waals surface area (Å²) in [6.07, 6.45) is 1.33. The minimum Gasteiger partial charge on any atom is -0.483 e. The van der Waals surface area contributed by atoms with Gasteiger partial charge in [-0.2, -0.15) is 5.10 Å². The Morgan fingerprint density at radius 1 is 0.971 bits per heavy atom. The number of amides is 3. The predicted molar refractivity (Wildman–Crippen MR) is 133 cm³/mol. The van der Waals surface area contributed by atoms with Gasteiger partial charge in [-0.15, -0.1) is 0 Å². The summed E-state index contributed by atoms with van der Waals surface area (Å²) in [7, 11) is 0. The first-order chi connectivity index (χ1) is 16.4. The van der Waals surface area contributed by atoms with E-state index in [-0.39, 0.29) is 19.1 Å². The van der Waals surface area contributed by atoms with E-state index in [0.29, 0.717) is 17.0 Å². The fraction of sp³-hybridized carbons (Fsp3) is 0.120. The van der Waals surface area contributed by atoms with Crippen LogP contribution in [0.5, 0.6) is 5.75 Å². The van der Waals surface area contributed by atoms with Crippen molar-refractivity contribution in [2.24, 2.45) is 5.10 Å². The van der Waals surface area contributed by atoms with Gasteiger partial charge in [-0.05, 0) is 42.8 Å². The Balaban J connectivity index is 1.52. The summed E-state index contributed by atoms with van der Waals surface area (Å²) < 4.78 is 6.36. The Labute approximate surface area is 205 Å². The average Bonchev–Trinajstić information content (AvgIpc) is 2.83. The molecule has 0 aromatic heterocycles. The van der Waals surface area contributed by atoms with E-state index in [2.05, 4.69) is 37.1 Å². The maximum atomic E-state index is 12.1. The Morgan fingerprint density at radius 3 is 2.44 bits per heavy atom. The molecule has 0 atom stereocenters. The van der Waals surface area contributed by atoms with Gasteiger partial charge in [0, 0.05) is 22.3 Å². The summed E-state index contributed by atoms with van der Waals surface area (Å²) in [4.78, 5) is 36.2. The van der Waals surface area contributed by atoms with Gasteiger partial charge >= 0.3 is 11.8 Å². The van der Waals surface area contributed by atoms with Gasteiger partial charge < -0.3 is 15.4 Å². The minimum absolute atomic E-state index is 0.217. The minimum atomic E-state index is -0.900. The molecule has 3 rings (SSSR count). The summed E-state index contributed by atoms with van der Waals surface area (Å²) in [6.45, 7) is 1.98. The van der Waals surface area contributed by atoms with Gasteiger partial charge in [0.2, 0.25) is 0 Å². The smallest absolute Gasteiger partial charge is 0.329 e. The van der Waals surface area contributed by atoms with Gasteiger partial charge in [0.15, 0.2) is 6.61 Å². The third-order valence-electron chi connectivity index (χ3n) is 4.54. The molecule has 0 fully saturated rings. The van der Waals surface area contributed by atoms with Crippen molar-refractivity contribution in [2.45, 2.75) is 13.5 Å². The monoisotopic (exact) mass is 522 g/mol. The summed E-state index contributed by atoms with van der Waals surface area (Å²) in [5.74, 6) is -1.65. The zero-order valence-corrected chi connectivity index (χ0v) is 20.0. The number of benzene rings is 3. The first-order valence-electron chi connectivity index (χ1n) is 10.3. The summed E-state index contributed by atoms with van der Waals surface area (Å²) in [6, 6.07) is 21.8. The lowest BCUT2D eigenvalue weighted by Crippen LogP contribution is -2.37. The second kappa shape index (κ2) is 12.3. The number of rotatable bonds is 8. The van der Waals surface area contributed by atoms with Crippen LogP contribution in [0, 0.1) is 6.92 Å². The molecule has 0 heterocycles. The molecule has 174 valence electrons. The molecule has 0 aliphatic rings. The maximum Gasteiger partial charge on any atom is 0.329 e. The van der Waals surface area contributed by atoms with E-state index in [4.69, 9.17) is 4.74 Å². The SMILES string of the molecule is Cc1ccc(CNC(=O)C(=O)N/N=C\c2cc(Br)ccc2OCC(=O)Nc2ccccc2)cc1. The number of nitrogens with zero attached hydrogens (tertiary/aromatic N) is 1. The highest BCUT2D eigenvalue weighted by molar-refractivity contribution is 9.10. The molecule has 34 heavy (non-hydrogen) atoms. The molecule has 0 aliphatic carbocycles. The molecule has 3 N–H and O–H groups in total. The number of anilines is 1. The normalized spacial score (nSPS) is 10.5. The quantitative estimate of drug-likeness (QED) is 0.239. The molecule has 0 saturated heterocycles. The van der Waals surface area contributed by atoms with Crippen molar-refractivity contribution in [3.8, 4) is 5.75 Å². The molecular formula is C25H23BrN4O4. The van der Waals surface area contributed by atoms with Crippen LogP contribution in [0.2, 0.25) is 0 Å². The molecule has 0 radical (unpaired) electrons. The summed E-state index contributed by atoms with van der Waals surface area (Å²) in [5.41, 5.74) is 5.34. The Hall–Kier alpha value is -3.98. The van der Waals surface area contributed by atoms with Crippen LogP contribution in [-0.2, 0) is 20.9 Å². The largest absolute Gasteiger partial charge is 0.483 e. The number of carbonyl (C=O) groups excluding carboxylic acids is 3. The number of aryl methyl sites for hydroxylation is 1. The second-order valence-corrected chi connectivity index (χ2v) is 8.17. The number of hydrazone groups is 1. The standard InChI is InChI=1S/C25H23BrN4O4/c1-17-7-9-18(10-8-17)14-27-24(32)25(33)30-28-15-19-13-20(26)11-12-22(19)34-16-23(31)29-21-5-3-2-4-6-21/h2-13,15H,14,16H2,1H3,(H,27,32)(H,29,31)(H,30,33)/b28-15-. The number of hydrogen-bond donors (Lipinski definition) is 3. The van der Waals surface area contributed by atoms with Crippen molar-refractivity contribution in [2.75, 3.05) is 11.9 Å². The molecule has 3 amide bonds. The van der Waals surface area contributed by atoms with Gasteiger partial charge in [0.05, 0.1) is 6.21 Å². The van der Waals surface area contributed by atoms with Gasteiger partial charge in [-0.25, -0.2) is 5.43 Å². The van der Waals surface area contributed by atoms with Crippen molar-refractivity contribution in [3.63, 3.8) is 0 Å². The number of halogens is 1. The number of hydrogen-bond acceptors (Lipinski definition) is 5. The van der Waals surface area contributed by atoms with Crippen LogP contribution in [0.4, 0.5) is 5.69 Å². The molecule has 3 aromatic carbocycles. The highest BCUT2D eigenvalue weighted by Gasteiger charge is 2.12. The average molecular weight is 523 g/mol. The third kappa shape index (κ3) is 7.86. The van der Waals surface area contributed by atoms with Crippen LogP contribution >= 0.6 is 15.9 Å². The Bertz CT molecular complexity index is 1180. The molecule has 0 spiro atoms. The van der Waals surface area contributed by atoms with Crippen LogP contribution in [0.25, 0.3) is 0 Å². The summed E-state index contributed by atoms with van der Waals surface area (Å²) >= 11 is 3.36. The lowest BCUT2D eigenvalue weighted by molar-refractivity contribution is -0.139. The van der Waals surface area contributed by atoms with Crippen molar-refractivity contribution in [1.29, 1.82) is 0 Å². The third-order valence-corrected chi connectivity index (χ3v) is 5.03. The van der Waals surface area contributed by atoms with Crippen LogP contribution in [-0.4, -0.2) is 30.5 Å². The van der Waals surface area contributed by atoms with E-state index in [1.165, 1.54) is 6.21 Å². The van der Waals surface area contributed by atoms with E-state index in [1.54, 1.807) is 30.3 Å². The van der Waals surface area contributed by atoms with Crippen LogP contribution in [0.1, 0.15) is 16.7 Å². The van der Waals surface area contributed by atoms with Crippen LogP contribution in [0.15, 0.2) is 82.4 Å². The first kappa shape index (κ1) is 24.7. The van der Waals surface area contributed by atoms with Crippen LogP contribution < -0.4 is 20.8 Å². The van der Waals surface area contributed by atoms with Gasteiger partial charge in [0.1, 0.15) is 5.75 Å². The van der Waals surface area contributed by atoms with Gasteiger partial charge in [-0.1, -0.05) is 64.0 Å². The highest BCUT2D eigenvalue weighted by atomic mass is 79.9. The summed E-state index contributed by atoms with van der Waals surface area (Å²) in [5, 5.41) is 9.11. The van der Waals surface area contributed by atoms with E-state index in [0.717, 1.165) is 15.6 Å². The fourth-order valence-corrected chi connectivity index (χ4v) is 3.17. The van der Waals surface area contributed by atoms with Gasteiger partial charge in [0.25, 0.3) is 5.91 Å². The highest BCUT2D eigenvalue weighted by Crippen LogP contribution is 2.22. The van der Waals surface area contributed by atoms with Gasteiger partial charge in [-0.3, -0.25) is 14.4 Å². The first-order valence-corrected chi connectivity index (χ1v) is 11.1. The van der Waals surface area contributed by atoms with Crippen molar-refractivity contribution in [1.82, 2.24) is 10.7 Å². The topological polar surface area (TPSA) is 109 Å². The second-order valence-electron chi connectivity index (χ2n) is 7.25. The lowest BCUT2D eigenvalue weighted by atomic mass is 10.1. The molecule has 0 saturated carbocycles. The number of nitrogens with one attached hydrogen (secondary N) is 3. The molecule has 0 bridgehead atoms. The van der Waals surface area contributed by atoms with E-state index < -0.39 is 11.8 Å². The molecular weight excluding hydrogens is 500 g/mol. The van der Waals surface area contributed by atoms with E-state index in [1.807, 2.05) is 49.4 Å². The lowest BCUT2D eigenvalue weighted by Gasteiger charge is -2.10. The number of ether oxygens (including phenoxy) is 1. The Morgan fingerprint density at radius 2 is 1.71 bits per heavy atom. The maximum absolute atomic E-state index is 12.1. The number of carbonyl (C=O) groups is 3. The number of para-hydroxylation sites is 1. The zero-order valence-electron chi connectivity index (χ0n) is 18.4. The molecule has 3 aromatic rings.